The minimum Gasteiger partial charge on any atom is -0.313 e. The fourth-order valence-electron chi connectivity index (χ4n) is 1.64. The maximum absolute atomic E-state index is 10.8. The molecule has 1 aliphatic heterocycles. The Kier molecular flexibility index (Phi) is 2.81. The number of fused-ring (bicyclic) bond motifs is 1. The number of aldehydes is 1. The van der Waals surface area contributed by atoms with Crippen LogP contribution in [0.15, 0.2) is 3.79 Å². The second-order valence-corrected chi connectivity index (χ2v) is 5.47. The van der Waals surface area contributed by atoms with Crippen molar-refractivity contribution in [2.75, 3.05) is 6.54 Å². The van der Waals surface area contributed by atoms with Crippen molar-refractivity contribution in [1.82, 2.24) is 5.32 Å². The van der Waals surface area contributed by atoms with Gasteiger partial charge in [0.15, 0.2) is 6.29 Å². The van der Waals surface area contributed by atoms with E-state index in [9.17, 15) is 4.79 Å². The number of hydrogen-bond donors (Lipinski definition) is 1. The largest absolute Gasteiger partial charge is 0.313 e. The van der Waals surface area contributed by atoms with Gasteiger partial charge in [0, 0.05) is 6.54 Å². The van der Waals surface area contributed by atoms with E-state index >= 15 is 0 Å². The Hall–Kier alpha value is -0.190. The molecule has 2 rings (SSSR count). The van der Waals surface area contributed by atoms with Gasteiger partial charge in [0.2, 0.25) is 0 Å². The predicted molar refractivity (Wildman–Crippen MR) is 57.4 cm³/mol. The van der Waals surface area contributed by atoms with E-state index in [-0.39, 0.29) is 0 Å². The third kappa shape index (κ3) is 1.71. The van der Waals surface area contributed by atoms with Crippen LogP contribution in [-0.4, -0.2) is 12.8 Å². The second-order valence-electron chi connectivity index (χ2n) is 3.10. The Morgan fingerprint density at radius 3 is 3.08 bits per heavy atom. The molecule has 1 aromatic heterocycles. The van der Waals surface area contributed by atoms with Crippen LogP contribution in [0.25, 0.3) is 0 Å². The number of nitrogens with one attached hydrogen (secondary N) is 1. The van der Waals surface area contributed by atoms with Crippen LogP contribution in [0.1, 0.15) is 27.2 Å². The van der Waals surface area contributed by atoms with Crippen molar-refractivity contribution in [3.8, 4) is 0 Å². The van der Waals surface area contributed by atoms with Gasteiger partial charge in [-0.15, -0.1) is 11.3 Å². The molecular weight excluding hydrogens is 250 g/mol. The highest BCUT2D eigenvalue weighted by molar-refractivity contribution is 9.11. The van der Waals surface area contributed by atoms with Gasteiger partial charge in [-0.2, -0.15) is 0 Å². The Balaban J connectivity index is 2.47. The summed E-state index contributed by atoms with van der Waals surface area (Å²) in [6.07, 6.45) is 3.12. The highest BCUT2D eigenvalue weighted by Gasteiger charge is 2.17. The lowest BCUT2D eigenvalue weighted by atomic mass is 10.1. The number of thiophene rings is 1. The lowest BCUT2D eigenvalue weighted by molar-refractivity contribution is 0.112. The molecule has 0 unspecified atom stereocenters. The first kappa shape index (κ1) is 9.37. The van der Waals surface area contributed by atoms with Crippen molar-refractivity contribution in [2.45, 2.75) is 19.4 Å². The van der Waals surface area contributed by atoms with Crippen LogP contribution in [0.3, 0.4) is 0 Å². The molecule has 70 valence electrons. The summed E-state index contributed by atoms with van der Waals surface area (Å²) in [5.41, 5.74) is 2.53. The molecule has 0 bridgehead atoms. The molecule has 2 nitrogen and oxygen atoms in total. The molecule has 1 N–H and O–H groups in total. The van der Waals surface area contributed by atoms with E-state index in [0.29, 0.717) is 0 Å². The molecule has 0 radical (unpaired) electrons. The summed E-state index contributed by atoms with van der Waals surface area (Å²) in [5, 5.41) is 3.34. The van der Waals surface area contributed by atoms with Crippen LogP contribution in [-0.2, 0) is 13.0 Å². The lowest BCUT2D eigenvalue weighted by Gasteiger charge is -1.98. The Labute approximate surface area is 89.5 Å². The van der Waals surface area contributed by atoms with Gasteiger partial charge in [-0.3, -0.25) is 4.79 Å². The predicted octanol–water partition coefficient (Wildman–Crippen LogP) is 2.36. The molecule has 0 saturated carbocycles. The van der Waals surface area contributed by atoms with Gasteiger partial charge in [0.1, 0.15) is 0 Å². The third-order valence-electron chi connectivity index (χ3n) is 2.29. The molecule has 4 heteroatoms. The summed E-state index contributed by atoms with van der Waals surface area (Å²) in [6, 6.07) is 0. The first-order valence-corrected chi connectivity index (χ1v) is 5.90. The topological polar surface area (TPSA) is 29.1 Å². The molecule has 0 amide bonds. The van der Waals surface area contributed by atoms with Crippen molar-refractivity contribution in [3.05, 3.63) is 19.8 Å². The number of hydrogen-bond acceptors (Lipinski definition) is 3. The van der Waals surface area contributed by atoms with Crippen LogP contribution in [0.2, 0.25) is 0 Å². The molecule has 0 fully saturated rings. The quantitative estimate of drug-likeness (QED) is 0.785. The standard InChI is InChI=1S/C9H10BrNOS/c10-9-7-4-11-3-1-2-6(7)8(5-12)13-9/h5,11H,1-4H2. The zero-order valence-electron chi connectivity index (χ0n) is 7.10. The van der Waals surface area contributed by atoms with Gasteiger partial charge >= 0.3 is 0 Å². The lowest BCUT2D eigenvalue weighted by Crippen LogP contribution is -2.11. The maximum atomic E-state index is 10.8. The fourth-order valence-corrected chi connectivity index (χ4v) is 3.45. The molecule has 1 aromatic rings. The monoisotopic (exact) mass is 259 g/mol. The second kappa shape index (κ2) is 3.90. The summed E-state index contributed by atoms with van der Waals surface area (Å²) < 4.78 is 1.11. The van der Waals surface area contributed by atoms with Crippen molar-refractivity contribution in [2.24, 2.45) is 0 Å². The zero-order chi connectivity index (χ0) is 9.26. The van der Waals surface area contributed by atoms with Crippen LogP contribution in [0.4, 0.5) is 0 Å². The molecular formula is C9H10BrNOS. The van der Waals surface area contributed by atoms with Gasteiger partial charge in [-0.05, 0) is 46.4 Å². The van der Waals surface area contributed by atoms with Crippen molar-refractivity contribution >= 4 is 33.6 Å². The van der Waals surface area contributed by atoms with Gasteiger partial charge in [0.25, 0.3) is 0 Å². The molecule has 0 spiro atoms. The summed E-state index contributed by atoms with van der Waals surface area (Å²) in [4.78, 5) is 11.7. The number of rotatable bonds is 1. The van der Waals surface area contributed by atoms with Crippen molar-refractivity contribution < 1.29 is 4.79 Å². The van der Waals surface area contributed by atoms with Gasteiger partial charge < -0.3 is 5.32 Å². The van der Waals surface area contributed by atoms with E-state index in [0.717, 1.165) is 40.9 Å². The average Bonchev–Trinajstić information content (AvgIpc) is 2.38. The smallest absolute Gasteiger partial charge is 0.160 e. The van der Waals surface area contributed by atoms with E-state index in [2.05, 4.69) is 21.2 Å². The maximum Gasteiger partial charge on any atom is 0.160 e. The van der Waals surface area contributed by atoms with Gasteiger partial charge in [0.05, 0.1) is 8.66 Å². The summed E-state index contributed by atoms with van der Waals surface area (Å²) in [6.45, 7) is 1.93. The molecule has 13 heavy (non-hydrogen) atoms. The normalized spacial score (nSPS) is 16.4. The molecule has 0 atom stereocenters. The van der Waals surface area contributed by atoms with Crippen LogP contribution < -0.4 is 5.32 Å². The summed E-state index contributed by atoms with van der Waals surface area (Å²) in [7, 11) is 0. The van der Waals surface area contributed by atoms with E-state index in [1.165, 1.54) is 11.1 Å². The fraction of sp³-hybridized carbons (Fsp3) is 0.444. The van der Waals surface area contributed by atoms with Crippen LogP contribution >= 0.6 is 27.3 Å². The molecule has 0 saturated heterocycles. The first-order valence-electron chi connectivity index (χ1n) is 4.29. The zero-order valence-corrected chi connectivity index (χ0v) is 9.50. The average molecular weight is 260 g/mol. The molecule has 0 aliphatic carbocycles. The van der Waals surface area contributed by atoms with Gasteiger partial charge in [-0.25, -0.2) is 0 Å². The Bertz CT molecular complexity index is 335. The molecule has 0 aromatic carbocycles. The summed E-state index contributed by atoms with van der Waals surface area (Å²) in [5.74, 6) is 0. The highest BCUT2D eigenvalue weighted by atomic mass is 79.9. The van der Waals surface area contributed by atoms with Crippen molar-refractivity contribution in [1.29, 1.82) is 0 Å². The SMILES string of the molecule is O=Cc1sc(Br)c2c1CCCNC2. The molecule has 1 aliphatic rings. The number of halogens is 1. The minimum absolute atomic E-state index is 0.889. The number of carbonyl (C=O) groups is 1. The highest BCUT2D eigenvalue weighted by Crippen LogP contribution is 2.33. The van der Waals surface area contributed by atoms with Crippen LogP contribution in [0.5, 0.6) is 0 Å². The van der Waals surface area contributed by atoms with Crippen LogP contribution in [0, 0.1) is 0 Å². The van der Waals surface area contributed by atoms with E-state index in [1.807, 2.05) is 0 Å². The third-order valence-corrected chi connectivity index (χ3v) is 4.24. The van der Waals surface area contributed by atoms with E-state index in [1.54, 1.807) is 11.3 Å². The molecule has 2 heterocycles. The minimum atomic E-state index is 0.889. The number of carbonyl (C=O) groups excluding carboxylic acids is 1. The Morgan fingerprint density at radius 1 is 1.46 bits per heavy atom. The Morgan fingerprint density at radius 2 is 2.31 bits per heavy atom. The first-order chi connectivity index (χ1) is 6.33. The van der Waals surface area contributed by atoms with E-state index in [4.69, 9.17) is 0 Å². The summed E-state index contributed by atoms with van der Waals surface area (Å²) >= 11 is 5.05. The van der Waals surface area contributed by atoms with Gasteiger partial charge in [-0.1, -0.05) is 0 Å². The van der Waals surface area contributed by atoms with E-state index < -0.39 is 0 Å². The van der Waals surface area contributed by atoms with Crippen molar-refractivity contribution in [3.63, 3.8) is 0 Å².